The van der Waals surface area contributed by atoms with E-state index in [1.165, 1.54) is 0 Å². The molecule has 3 rings (SSSR count). The van der Waals surface area contributed by atoms with E-state index >= 15 is 0 Å². The molecule has 2 aromatic carbocycles. The summed E-state index contributed by atoms with van der Waals surface area (Å²) < 4.78 is 5.69. The van der Waals surface area contributed by atoms with Gasteiger partial charge in [-0.15, -0.1) is 0 Å². The second-order valence-electron chi connectivity index (χ2n) is 4.81. The number of carboxylic acid groups (broad SMARTS) is 1. The number of aliphatic carboxylic acids is 1. The maximum Gasteiger partial charge on any atom is 0.310 e. The number of oxazole rings is 1. The van der Waals surface area contributed by atoms with Crippen molar-refractivity contribution >= 4 is 58.2 Å². The van der Waals surface area contributed by atoms with E-state index in [1.807, 2.05) is 12.1 Å². The predicted octanol–water partition coefficient (Wildman–Crippen LogP) is 3.96. The molecule has 3 aromatic rings. The van der Waals surface area contributed by atoms with Gasteiger partial charge in [0.25, 0.3) is 0 Å². The number of hydrogen-bond donors (Lipinski definition) is 1. The Balaban J connectivity index is 0.00000176. The zero-order chi connectivity index (χ0) is 15.0. The van der Waals surface area contributed by atoms with E-state index in [2.05, 4.69) is 4.98 Å². The summed E-state index contributed by atoms with van der Waals surface area (Å²) in [6, 6.07) is 12.4. The first-order chi connectivity index (χ1) is 10.0. The Labute approximate surface area is 154 Å². The van der Waals surface area contributed by atoms with E-state index in [-0.39, 0.29) is 29.6 Å². The fourth-order valence-corrected chi connectivity index (χ4v) is 2.20. The molecule has 1 unspecified atom stereocenters. The normalized spacial score (nSPS) is 11.9. The minimum atomic E-state index is -0.865. The van der Waals surface area contributed by atoms with E-state index in [9.17, 15) is 4.79 Å². The Morgan fingerprint density at radius 3 is 2.55 bits per heavy atom. The molecule has 1 atom stereocenters. The Morgan fingerprint density at radius 2 is 1.91 bits per heavy atom. The Hall–Kier alpha value is -1.33. The zero-order valence-electron chi connectivity index (χ0n) is 12.2. The third-order valence-corrected chi connectivity index (χ3v) is 3.63. The van der Waals surface area contributed by atoms with Gasteiger partial charge in [0.15, 0.2) is 5.58 Å². The first-order valence-electron chi connectivity index (χ1n) is 6.44. The van der Waals surface area contributed by atoms with Crippen LogP contribution < -0.4 is 0 Å². The summed E-state index contributed by atoms with van der Waals surface area (Å²) in [5, 5.41) is 9.71. The van der Waals surface area contributed by atoms with Crippen LogP contribution in [-0.4, -0.2) is 45.6 Å². The third-order valence-electron chi connectivity index (χ3n) is 3.37. The van der Waals surface area contributed by atoms with Gasteiger partial charge in [-0.05, 0) is 48.9 Å². The number of nitrogens with zero attached hydrogens (tertiary/aromatic N) is 1. The van der Waals surface area contributed by atoms with Gasteiger partial charge < -0.3 is 9.52 Å². The fraction of sp³-hybridized carbons (Fsp3) is 0.125. The first kappa shape index (κ1) is 17.0. The smallest absolute Gasteiger partial charge is 0.310 e. The van der Waals surface area contributed by atoms with Gasteiger partial charge in [-0.25, -0.2) is 4.98 Å². The molecule has 0 saturated carbocycles. The molecule has 1 heterocycles. The van der Waals surface area contributed by atoms with Crippen LogP contribution in [0.25, 0.3) is 22.6 Å². The van der Waals surface area contributed by atoms with Gasteiger partial charge in [-0.1, -0.05) is 17.7 Å². The van der Waals surface area contributed by atoms with Crippen molar-refractivity contribution in [2.24, 2.45) is 0 Å². The zero-order valence-corrected chi connectivity index (χ0v) is 15.0. The summed E-state index contributed by atoms with van der Waals surface area (Å²) in [5.74, 6) is -0.956. The van der Waals surface area contributed by atoms with Crippen LogP contribution in [0.15, 0.2) is 46.9 Å². The Kier molecular flexibility index (Phi) is 5.29. The molecule has 1 N–H and O–H groups in total. The van der Waals surface area contributed by atoms with Crippen LogP contribution in [0.1, 0.15) is 18.4 Å². The largest absolute Gasteiger partial charge is 0.481 e. The average molecular weight is 325 g/mol. The average Bonchev–Trinajstić information content (AvgIpc) is 2.89. The fourth-order valence-electron chi connectivity index (χ4n) is 2.07. The summed E-state index contributed by atoms with van der Waals surface area (Å²) in [5.41, 5.74) is 2.79. The van der Waals surface area contributed by atoms with Crippen LogP contribution in [0.2, 0.25) is 5.02 Å². The Bertz CT molecular complexity index is 814. The number of fused-ring (bicyclic) bond motifs is 1. The number of benzene rings is 2. The molecule has 6 heteroatoms. The van der Waals surface area contributed by atoms with Crippen LogP contribution in [0, 0.1) is 0 Å². The molecule has 0 spiro atoms. The molecule has 0 aliphatic rings. The second-order valence-corrected chi connectivity index (χ2v) is 5.25. The predicted molar refractivity (Wildman–Crippen MR) is 86.3 cm³/mol. The molecule has 0 bridgehead atoms. The van der Waals surface area contributed by atoms with E-state index < -0.39 is 11.9 Å². The van der Waals surface area contributed by atoms with Crippen molar-refractivity contribution in [1.29, 1.82) is 0 Å². The minimum Gasteiger partial charge on any atom is -0.481 e. The van der Waals surface area contributed by atoms with Crippen LogP contribution in [0.3, 0.4) is 0 Å². The Morgan fingerprint density at radius 1 is 1.23 bits per heavy atom. The van der Waals surface area contributed by atoms with Crippen molar-refractivity contribution in [2.75, 3.05) is 0 Å². The summed E-state index contributed by atoms with van der Waals surface area (Å²) in [6.07, 6.45) is 0. The molecule has 0 aliphatic heterocycles. The van der Waals surface area contributed by atoms with E-state index in [4.69, 9.17) is 21.1 Å². The summed E-state index contributed by atoms with van der Waals surface area (Å²) >= 11 is 5.86. The summed E-state index contributed by atoms with van der Waals surface area (Å²) in [6.45, 7) is 1.64. The quantitative estimate of drug-likeness (QED) is 0.741. The van der Waals surface area contributed by atoms with Crippen LogP contribution >= 0.6 is 11.6 Å². The second kappa shape index (κ2) is 6.84. The molecule has 0 fully saturated rings. The molecule has 0 saturated heterocycles. The van der Waals surface area contributed by atoms with Gasteiger partial charge in [0.1, 0.15) is 5.52 Å². The van der Waals surface area contributed by atoms with Gasteiger partial charge in [0.05, 0.1) is 5.92 Å². The molecule has 4 nitrogen and oxygen atoms in total. The van der Waals surface area contributed by atoms with Crippen LogP contribution in [0.5, 0.6) is 0 Å². The number of carboxylic acids is 1. The van der Waals surface area contributed by atoms with E-state index in [0.717, 1.165) is 5.56 Å². The summed E-state index contributed by atoms with van der Waals surface area (Å²) in [7, 11) is 0. The van der Waals surface area contributed by atoms with Gasteiger partial charge in [-0.3, -0.25) is 4.79 Å². The molecule has 1 radical (unpaired) electrons. The molecule has 0 amide bonds. The van der Waals surface area contributed by atoms with Crippen molar-refractivity contribution < 1.29 is 14.3 Å². The number of aromatic nitrogens is 1. The van der Waals surface area contributed by atoms with Crippen molar-refractivity contribution in [3.63, 3.8) is 0 Å². The number of carbonyl (C=O) groups is 1. The van der Waals surface area contributed by atoms with Gasteiger partial charge in [-0.2, -0.15) is 0 Å². The van der Waals surface area contributed by atoms with Crippen molar-refractivity contribution in [2.45, 2.75) is 12.8 Å². The summed E-state index contributed by atoms with van der Waals surface area (Å²) in [4.78, 5) is 15.5. The topological polar surface area (TPSA) is 63.3 Å². The van der Waals surface area contributed by atoms with Crippen molar-refractivity contribution in [3.05, 3.63) is 53.1 Å². The van der Waals surface area contributed by atoms with Gasteiger partial charge >= 0.3 is 5.97 Å². The molecule has 107 valence electrons. The van der Waals surface area contributed by atoms with Crippen molar-refractivity contribution in [1.82, 2.24) is 4.98 Å². The number of hydrogen-bond acceptors (Lipinski definition) is 3. The van der Waals surface area contributed by atoms with Gasteiger partial charge in [0.2, 0.25) is 5.89 Å². The maximum absolute atomic E-state index is 11.0. The standard InChI is InChI=1S/C16H12ClNO3.Na/c1-9(16(19)20)11-4-7-14-13(8-11)18-15(21-14)10-2-5-12(17)6-3-10;/h2-9H,1H3,(H,19,20);. The maximum atomic E-state index is 11.0. The van der Waals surface area contributed by atoms with Gasteiger partial charge in [0, 0.05) is 40.1 Å². The van der Waals surface area contributed by atoms with E-state index in [0.29, 0.717) is 27.6 Å². The molecular weight excluding hydrogens is 313 g/mol. The molecule has 22 heavy (non-hydrogen) atoms. The number of rotatable bonds is 3. The van der Waals surface area contributed by atoms with Crippen LogP contribution in [-0.2, 0) is 4.79 Å². The molecule has 1 aromatic heterocycles. The molecular formula is C16H12ClNNaO3. The monoisotopic (exact) mass is 324 g/mol. The number of halogens is 1. The first-order valence-corrected chi connectivity index (χ1v) is 6.81. The third kappa shape index (κ3) is 3.36. The SMILES string of the molecule is CC(C(=O)O)c1ccc2oc(-c3ccc(Cl)cc3)nc2c1.[Na]. The molecule has 0 aliphatic carbocycles. The van der Waals surface area contributed by atoms with E-state index in [1.54, 1.807) is 37.3 Å². The van der Waals surface area contributed by atoms with Crippen molar-refractivity contribution in [3.8, 4) is 11.5 Å². The minimum absolute atomic E-state index is 0. The van der Waals surface area contributed by atoms with Crippen LogP contribution in [0.4, 0.5) is 0 Å².